The number of nitrogens with zero attached hydrogens (tertiary/aromatic N) is 1. The largest absolute Gasteiger partial charge is 0.477 e. The highest BCUT2D eigenvalue weighted by Gasteiger charge is 2.52. The molecule has 0 radical (unpaired) electrons. The number of amides is 2. The number of ether oxygens (including phenoxy) is 1. The third-order valence-electron chi connectivity index (χ3n) is 2.74. The number of carboxylic acids is 1. The maximum absolute atomic E-state index is 11.6. The van der Waals surface area contributed by atoms with Gasteiger partial charge in [0.1, 0.15) is 11.4 Å². The number of nitrogens with one attached hydrogen (secondary N) is 1. The van der Waals surface area contributed by atoms with Crippen LogP contribution in [0.2, 0.25) is 0 Å². The highest BCUT2D eigenvalue weighted by Crippen LogP contribution is 2.38. The topological polar surface area (TPSA) is 122 Å². The Labute approximate surface area is 112 Å². The van der Waals surface area contributed by atoms with Crippen LogP contribution < -0.4 is 11.1 Å². The number of rotatable bonds is 3. The van der Waals surface area contributed by atoms with Crippen LogP contribution in [0.25, 0.3) is 0 Å². The van der Waals surface area contributed by atoms with Gasteiger partial charge in [0.2, 0.25) is 5.91 Å². The highest BCUT2D eigenvalue weighted by molar-refractivity contribution is 8.00. The molecule has 104 valence electrons. The van der Waals surface area contributed by atoms with E-state index in [1.54, 1.807) is 6.92 Å². The minimum absolute atomic E-state index is 0.146. The first kappa shape index (κ1) is 13.7. The summed E-state index contributed by atoms with van der Waals surface area (Å²) >= 11 is 1.30. The molecule has 0 aromatic carbocycles. The van der Waals surface area contributed by atoms with E-state index in [1.807, 2.05) is 0 Å². The number of hydrogen-bond acceptors (Lipinski definition) is 6. The lowest BCUT2D eigenvalue weighted by Crippen LogP contribution is -2.68. The minimum Gasteiger partial charge on any atom is -0.477 e. The van der Waals surface area contributed by atoms with Gasteiger partial charge in [-0.1, -0.05) is 0 Å². The van der Waals surface area contributed by atoms with Crippen LogP contribution in [0.15, 0.2) is 11.4 Å². The van der Waals surface area contributed by atoms with Gasteiger partial charge in [0, 0.05) is 5.75 Å². The number of nitrogens with two attached hydrogens (primary N) is 1. The highest BCUT2D eigenvalue weighted by atomic mass is 32.2. The normalized spacial score (nSPS) is 25.6. The van der Waals surface area contributed by atoms with E-state index in [9.17, 15) is 19.5 Å². The monoisotopic (exact) mass is 287 g/mol. The van der Waals surface area contributed by atoms with Gasteiger partial charge in [-0.2, -0.15) is 0 Å². The van der Waals surface area contributed by atoms with Gasteiger partial charge in [-0.3, -0.25) is 15.0 Å². The van der Waals surface area contributed by atoms with E-state index in [0.29, 0.717) is 0 Å². The summed E-state index contributed by atoms with van der Waals surface area (Å²) in [5.41, 5.74) is 5.51. The van der Waals surface area contributed by atoms with Crippen molar-refractivity contribution in [2.24, 2.45) is 5.73 Å². The molecule has 0 aromatic heterocycles. The van der Waals surface area contributed by atoms with E-state index < -0.39 is 24.0 Å². The molecule has 0 bridgehead atoms. The zero-order valence-corrected chi connectivity index (χ0v) is 10.9. The van der Waals surface area contributed by atoms with Gasteiger partial charge in [0.25, 0.3) is 0 Å². The van der Waals surface area contributed by atoms with Crippen molar-refractivity contribution in [3.8, 4) is 0 Å². The maximum atomic E-state index is 11.6. The number of β-lactam (4-membered cyclic amide) rings is 1. The van der Waals surface area contributed by atoms with Crippen LogP contribution in [0.3, 0.4) is 0 Å². The molecule has 1 saturated heterocycles. The van der Waals surface area contributed by atoms with Crippen LogP contribution in [0, 0.1) is 0 Å². The molecule has 0 saturated carbocycles. The van der Waals surface area contributed by atoms with Crippen molar-refractivity contribution in [3.05, 3.63) is 11.4 Å². The van der Waals surface area contributed by atoms with Crippen molar-refractivity contribution in [2.45, 2.75) is 18.3 Å². The van der Waals surface area contributed by atoms with E-state index >= 15 is 0 Å². The number of hydrogen-bond donors (Lipinski definition) is 3. The fourth-order valence-electron chi connectivity index (χ4n) is 1.90. The van der Waals surface area contributed by atoms with Crippen LogP contribution in [-0.2, 0) is 14.3 Å². The van der Waals surface area contributed by atoms with Gasteiger partial charge in [-0.15, -0.1) is 11.8 Å². The number of carboxylic acid groups (broad SMARTS) is 1. The molecule has 2 aliphatic heterocycles. The summed E-state index contributed by atoms with van der Waals surface area (Å²) in [6, 6.07) is -0.691. The van der Waals surface area contributed by atoms with Gasteiger partial charge >= 0.3 is 12.1 Å². The van der Waals surface area contributed by atoms with Crippen LogP contribution in [-0.4, -0.2) is 51.8 Å². The summed E-state index contributed by atoms with van der Waals surface area (Å²) in [7, 11) is 0. The minimum atomic E-state index is -1.28. The molecule has 19 heavy (non-hydrogen) atoms. The number of carbonyl (C=O) groups excluding carboxylic acids is 2. The lowest BCUT2D eigenvalue weighted by Gasteiger charge is -2.47. The molecule has 1 unspecified atom stereocenters. The molecule has 0 aromatic rings. The van der Waals surface area contributed by atoms with Crippen LogP contribution in [0.4, 0.5) is 4.79 Å². The van der Waals surface area contributed by atoms with Gasteiger partial charge < -0.3 is 15.6 Å². The Morgan fingerprint density at radius 2 is 2.32 bits per heavy atom. The summed E-state index contributed by atoms with van der Waals surface area (Å²) < 4.78 is 4.69. The molecule has 0 spiro atoms. The second kappa shape index (κ2) is 5.10. The first-order valence-electron chi connectivity index (χ1n) is 5.57. The van der Waals surface area contributed by atoms with E-state index in [-0.39, 0.29) is 29.1 Å². The first-order valence-corrected chi connectivity index (χ1v) is 6.62. The smallest absolute Gasteiger partial charge is 0.411 e. The SMILES string of the molecule is CCOC(=O)NC1=C(C(=O)O)N2C(=O)C(N)[C@@H]2SC1. The lowest BCUT2D eigenvalue weighted by atomic mass is 10.1. The van der Waals surface area contributed by atoms with Crippen LogP contribution >= 0.6 is 11.8 Å². The molecule has 2 amide bonds. The molecule has 2 rings (SSSR count). The molecule has 2 atom stereocenters. The fraction of sp³-hybridized carbons (Fsp3) is 0.500. The molecular weight excluding hydrogens is 274 g/mol. The second-order valence-electron chi connectivity index (χ2n) is 3.91. The molecule has 8 nitrogen and oxygen atoms in total. The zero-order chi connectivity index (χ0) is 14.2. The summed E-state index contributed by atoms with van der Waals surface area (Å²) in [4.78, 5) is 35.3. The predicted octanol–water partition coefficient (Wildman–Crippen LogP) is -0.729. The van der Waals surface area contributed by atoms with E-state index in [1.165, 1.54) is 11.8 Å². The van der Waals surface area contributed by atoms with E-state index in [0.717, 1.165) is 4.90 Å². The first-order chi connectivity index (χ1) is 8.97. The Balaban J connectivity index is 2.25. The standard InChI is InChI=1S/C10H13N3O5S/c1-2-18-10(17)12-4-3-19-8-5(11)7(14)13(8)6(4)9(15)16/h5,8H,2-3,11H2,1H3,(H,12,17)(H,15,16)/t5?,8-/m0/s1. The van der Waals surface area contributed by atoms with Crippen molar-refractivity contribution in [2.75, 3.05) is 12.4 Å². The Bertz CT molecular complexity index is 478. The lowest BCUT2D eigenvalue weighted by molar-refractivity contribution is -0.148. The number of alkyl carbamates (subject to hydrolysis) is 1. The molecule has 2 heterocycles. The molecule has 1 fully saturated rings. The molecular formula is C10H13N3O5S. The Morgan fingerprint density at radius 3 is 2.89 bits per heavy atom. The summed E-state index contributed by atoms with van der Waals surface area (Å²) in [5.74, 6) is -1.49. The van der Waals surface area contributed by atoms with Crippen molar-refractivity contribution < 1.29 is 24.2 Å². The van der Waals surface area contributed by atoms with Crippen LogP contribution in [0.1, 0.15) is 6.92 Å². The maximum Gasteiger partial charge on any atom is 0.411 e. The van der Waals surface area contributed by atoms with Crippen molar-refractivity contribution in [1.29, 1.82) is 0 Å². The van der Waals surface area contributed by atoms with E-state index in [4.69, 9.17) is 5.73 Å². The van der Waals surface area contributed by atoms with E-state index in [2.05, 4.69) is 10.1 Å². The number of carbonyl (C=O) groups is 3. The predicted molar refractivity (Wildman–Crippen MR) is 65.9 cm³/mol. The zero-order valence-electron chi connectivity index (χ0n) is 10.1. The fourth-order valence-corrected chi connectivity index (χ4v) is 3.13. The van der Waals surface area contributed by atoms with Gasteiger partial charge in [0.15, 0.2) is 5.70 Å². The van der Waals surface area contributed by atoms with Crippen LogP contribution in [0.5, 0.6) is 0 Å². The molecule has 4 N–H and O–H groups in total. The van der Waals surface area contributed by atoms with Crippen molar-refractivity contribution in [3.63, 3.8) is 0 Å². The summed E-state index contributed by atoms with van der Waals surface area (Å²) in [6.45, 7) is 1.81. The average molecular weight is 287 g/mol. The molecule has 2 aliphatic rings. The van der Waals surface area contributed by atoms with Gasteiger partial charge in [0.05, 0.1) is 12.3 Å². The van der Waals surface area contributed by atoms with Crippen molar-refractivity contribution >= 4 is 29.7 Å². The Morgan fingerprint density at radius 1 is 1.63 bits per heavy atom. The quantitative estimate of drug-likeness (QED) is 0.585. The number of thioether (sulfide) groups is 1. The van der Waals surface area contributed by atoms with Gasteiger partial charge in [-0.05, 0) is 6.92 Å². The summed E-state index contributed by atoms with van der Waals surface area (Å²) in [6.07, 6.45) is -0.743. The average Bonchev–Trinajstić information content (AvgIpc) is 2.37. The Kier molecular flexibility index (Phi) is 3.67. The summed E-state index contributed by atoms with van der Waals surface area (Å²) in [5, 5.41) is 11.2. The molecule has 0 aliphatic carbocycles. The third kappa shape index (κ3) is 2.26. The van der Waals surface area contributed by atoms with Gasteiger partial charge in [-0.25, -0.2) is 9.59 Å². The molecule has 9 heteroatoms. The Hall–Kier alpha value is -1.74. The second-order valence-corrected chi connectivity index (χ2v) is 5.02. The number of aliphatic carboxylic acids is 1. The number of fused-ring (bicyclic) bond motifs is 1. The van der Waals surface area contributed by atoms with Crippen molar-refractivity contribution in [1.82, 2.24) is 10.2 Å². The third-order valence-corrected chi connectivity index (χ3v) is 4.04.